The highest BCUT2D eigenvalue weighted by molar-refractivity contribution is 5.75. The van der Waals surface area contributed by atoms with Crippen molar-refractivity contribution < 1.29 is 8.78 Å². The molecule has 0 aliphatic heterocycles. The number of hydrogen-bond donors (Lipinski definition) is 1. The molecule has 0 radical (unpaired) electrons. The Hall–Kier alpha value is -2.83. The van der Waals surface area contributed by atoms with Gasteiger partial charge >= 0.3 is 0 Å². The van der Waals surface area contributed by atoms with Gasteiger partial charge in [-0.25, -0.2) is 13.8 Å². The molecule has 0 bridgehead atoms. The lowest BCUT2D eigenvalue weighted by Crippen LogP contribution is -2.20. The predicted molar refractivity (Wildman–Crippen MR) is 88.3 cm³/mol. The zero-order valence-corrected chi connectivity index (χ0v) is 13.1. The van der Waals surface area contributed by atoms with Crippen LogP contribution in [0.15, 0.2) is 41.3 Å². The smallest absolute Gasteiger partial charge is 0.252 e. The quantitative estimate of drug-likeness (QED) is 0.776. The summed E-state index contributed by atoms with van der Waals surface area (Å²) in [5, 5.41) is 3.43. The third kappa shape index (κ3) is 3.24. The van der Waals surface area contributed by atoms with Crippen molar-refractivity contribution in [2.75, 3.05) is 5.32 Å². The standard InChI is InChI=1S/C17H16F2N4O/c1-2-3-8-23-15(24)7-4-11-10-20-17(22-16(11)23)21-14-6-5-12(18)9-13(14)19/h4-7,9-10H,2-3,8H2,1H3,(H,20,21,22). The number of nitrogens with one attached hydrogen (secondary N) is 1. The van der Waals surface area contributed by atoms with Crippen LogP contribution in [0.25, 0.3) is 11.0 Å². The average Bonchev–Trinajstić information content (AvgIpc) is 2.56. The molecule has 0 atom stereocenters. The first kappa shape index (κ1) is 16.0. The van der Waals surface area contributed by atoms with E-state index in [9.17, 15) is 13.6 Å². The highest BCUT2D eigenvalue weighted by Gasteiger charge is 2.09. The van der Waals surface area contributed by atoms with Gasteiger partial charge in [0.2, 0.25) is 5.95 Å². The minimum absolute atomic E-state index is 0.0640. The Morgan fingerprint density at radius 3 is 2.79 bits per heavy atom. The molecule has 0 spiro atoms. The summed E-state index contributed by atoms with van der Waals surface area (Å²) in [7, 11) is 0. The number of rotatable bonds is 5. The van der Waals surface area contributed by atoms with Gasteiger partial charge < -0.3 is 5.32 Å². The second kappa shape index (κ2) is 6.74. The summed E-state index contributed by atoms with van der Waals surface area (Å²) in [5.41, 5.74) is 0.402. The molecule has 3 aromatic rings. The van der Waals surface area contributed by atoms with Crippen molar-refractivity contribution in [3.63, 3.8) is 0 Å². The number of halogens is 2. The van der Waals surface area contributed by atoms with Gasteiger partial charge in [0.1, 0.15) is 17.3 Å². The molecule has 3 rings (SSSR count). The normalized spacial score (nSPS) is 11.0. The van der Waals surface area contributed by atoms with Crippen LogP contribution in [0, 0.1) is 11.6 Å². The van der Waals surface area contributed by atoms with E-state index in [0.29, 0.717) is 12.2 Å². The number of unbranched alkanes of at least 4 members (excludes halogenated alkanes) is 1. The summed E-state index contributed by atoms with van der Waals surface area (Å²) in [4.78, 5) is 20.5. The Kier molecular flexibility index (Phi) is 4.50. The highest BCUT2D eigenvalue weighted by atomic mass is 19.1. The van der Waals surface area contributed by atoms with Crippen molar-refractivity contribution in [3.8, 4) is 0 Å². The number of anilines is 2. The van der Waals surface area contributed by atoms with E-state index in [1.807, 2.05) is 6.92 Å². The van der Waals surface area contributed by atoms with Crippen molar-refractivity contribution in [2.45, 2.75) is 26.3 Å². The molecule has 0 aliphatic rings. The first-order chi connectivity index (χ1) is 11.6. The largest absolute Gasteiger partial charge is 0.322 e. The van der Waals surface area contributed by atoms with Crippen LogP contribution in [0.2, 0.25) is 0 Å². The first-order valence-electron chi connectivity index (χ1n) is 7.67. The van der Waals surface area contributed by atoms with Crippen LogP contribution in [0.1, 0.15) is 19.8 Å². The van der Waals surface area contributed by atoms with Crippen molar-refractivity contribution in [3.05, 3.63) is 58.5 Å². The van der Waals surface area contributed by atoms with Crippen molar-refractivity contribution >= 4 is 22.7 Å². The molecule has 7 heteroatoms. The Balaban J connectivity index is 2.02. The Bertz CT molecular complexity index is 940. The van der Waals surface area contributed by atoms with E-state index < -0.39 is 11.6 Å². The van der Waals surface area contributed by atoms with Gasteiger partial charge in [0.05, 0.1) is 5.69 Å². The fourth-order valence-corrected chi connectivity index (χ4v) is 2.38. The topological polar surface area (TPSA) is 59.8 Å². The molecule has 0 saturated heterocycles. The van der Waals surface area contributed by atoms with Gasteiger partial charge in [-0.3, -0.25) is 9.36 Å². The van der Waals surface area contributed by atoms with E-state index in [1.54, 1.807) is 16.8 Å². The third-order valence-electron chi connectivity index (χ3n) is 3.64. The Morgan fingerprint density at radius 2 is 2.04 bits per heavy atom. The van der Waals surface area contributed by atoms with Gasteiger partial charge in [-0.2, -0.15) is 4.98 Å². The molecule has 5 nitrogen and oxygen atoms in total. The average molecular weight is 330 g/mol. The molecule has 2 aromatic heterocycles. The fraction of sp³-hybridized carbons (Fsp3) is 0.235. The lowest BCUT2D eigenvalue weighted by molar-refractivity contribution is 0.586. The van der Waals surface area contributed by atoms with Gasteiger partial charge in [0.15, 0.2) is 0 Å². The molecule has 0 fully saturated rings. The second-order valence-corrected chi connectivity index (χ2v) is 5.40. The van der Waals surface area contributed by atoms with Crippen molar-refractivity contribution in [2.24, 2.45) is 0 Å². The molecule has 1 N–H and O–H groups in total. The number of aromatic nitrogens is 3. The number of fused-ring (bicyclic) bond motifs is 1. The molecular weight excluding hydrogens is 314 g/mol. The highest BCUT2D eigenvalue weighted by Crippen LogP contribution is 2.19. The zero-order valence-electron chi connectivity index (χ0n) is 13.1. The van der Waals surface area contributed by atoms with Crippen LogP contribution in [0.3, 0.4) is 0 Å². The molecule has 124 valence electrons. The van der Waals surface area contributed by atoms with Gasteiger partial charge in [-0.1, -0.05) is 13.3 Å². The van der Waals surface area contributed by atoms with Gasteiger partial charge in [0.25, 0.3) is 5.56 Å². The van der Waals surface area contributed by atoms with E-state index in [1.165, 1.54) is 12.1 Å². The number of aryl methyl sites for hydroxylation is 1. The van der Waals surface area contributed by atoms with E-state index in [0.717, 1.165) is 30.4 Å². The molecule has 0 aliphatic carbocycles. The van der Waals surface area contributed by atoms with Crippen LogP contribution >= 0.6 is 0 Å². The minimum Gasteiger partial charge on any atom is -0.322 e. The zero-order chi connectivity index (χ0) is 17.1. The maximum absolute atomic E-state index is 13.7. The Labute approximate surface area is 137 Å². The maximum atomic E-state index is 13.7. The predicted octanol–water partition coefficient (Wildman–Crippen LogP) is 3.61. The molecule has 0 unspecified atom stereocenters. The summed E-state index contributed by atoms with van der Waals surface area (Å²) in [6.07, 6.45) is 3.35. The summed E-state index contributed by atoms with van der Waals surface area (Å²) in [5.74, 6) is -1.26. The number of pyridine rings is 1. The molecule has 24 heavy (non-hydrogen) atoms. The summed E-state index contributed by atoms with van der Waals surface area (Å²) >= 11 is 0. The van der Waals surface area contributed by atoms with Crippen LogP contribution in [0.4, 0.5) is 20.4 Å². The minimum atomic E-state index is -0.741. The number of benzene rings is 1. The molecule has 0 saturated carbocycles. The second-order valence-electron chi connectivity index (χ2n) is 5.40. The Morgan fingerprint density at radius 1 is 1.21 bits per heavy atom. The fourth-order valence-electron chi connectivity index (χ4n) is 2.38. The molecular formula is C17H16F2N4O. The molecule has 2 heterocycles. The summed E-state index contributed by atoms with van der Waals surface area (Å²) in [6.45, 7) is 2.59. The van der Waals surface area contributed by atoms with Crippen molar-refractivity contribution in [1.29, 1.82) is 0 Å². The van der Waals surface area contributed by atoms with E-state index in [-0.39, 0.29) is 17.2 Å². The van der Waals surface area contributed by atoms with Crippen LogP contribution in [-0.4, -0.2) is 14.5 Å². The molecule has 1 aromatic carbocycles. The van der Waals surface area contributed by atoms with Crippen LogP contribution in [0.5, 0.6) is 0 Å². The maximum Gasteiger partial charge on any atom is 0.252 e. The monoisotopic (exact) mass is 330 g/mol. The van der Waals surface area contributed by atoms with E-state index >= 15 is 0 Å². The summed E-state index contributed by atoms with van der Waals surface area (Å²) < 4.78 is 28.3. The van der Waals surface area contributed by atoms with Crippen LogP contribution < -0.4 is 10.9 Å². The van der Waals surface area contributed by atoms with Gasteiger partial charge in [0, 0.05) is 30.3 Å². The van der Waals surface area contributed by atoms with Gasteiger partial charge in [-0.15, -0.1) is 0 Å². The molecule has 0 amide bonds. The lowest BCUT2D eigenvalue weighted by Gasteiger charge is -2.11. The number of hydrogen-bond acceptors (Lipinski definition) is 4. The third-order valence-corrected chi connectivity index (χ3v) is 3.64. The van der Waals surface area contributed by atoms with Crippen molar-refractivity contribution in [1.82, 2.24) is 14.5 Å². The van der Waals surface area contributed by atoms with E-state index in [2.05, 4.69) is 15.3 Å². The van der Waals surface area contributed by atoms with E-state index in [4.69, 9.17) is 0 Å². The van der Waals surface area contributed by atoms with Gasteiger partial charge in [-0.05, 0) is 24.6 Å². The first-order valence-corrected chi connectivity index (χ1v) is 7.67. The van der Waals surface area contributed by atoms with Crippen LogP contribution in [-0.2, 0) is 6.54 Å². The number of nitrogens with zero attached hydrogens (tertiary/aromatic N) is 3. The lowest BCUT2D eigenvalue weighted by atomic mass is 10.3. The SMILES string of the molecule is CCCCn1c(=O)ccc2cnc(Nc3ccc(F)cc3F)nc21. The summed E-state index contributed by atoms with van der Waals surface area (Å²) in [6, 6.07) is 6.33.